The molecular formula is C19H16N4O. The third kappa shape index (κ3) is 2.84. The molecule has 2 aromatic heterocycles. The summed E-state index contributed by atoms with van der Waals surface area (Å²) in [7, 11) is 0. The molecule has 0 fully saturated rings. The zero-order valence-corrected chi connectivity index (χ0v) is 13.0. The summed E-state index contributed by atoms with van der Waals surface area (Å²) in [5.41, 5.74) is 3.86. The van der Waals surface area contributed by atoms with Gasteiger partial charge in [-0.3, -0.25) is 9.38 Å². The lowest BCUT2D eigenvalue weighted by Crippen LogP contribution is -2.03. The molecule has 2 heterocycles. The van der Waals surface area contributed by atoms with Crippen LogP contribution in [0.5, 0.6) is 5.75 Å². The van der Waals surface area contributed by atoms with Gasteiger partial charge in [-0.05, 0) is 17.7 Å². The van der Waals surface area contributed by atoms with Crippen molar-refractivity contribution in [1.29, 1.82) is 0 Å². The van der Waals surface area contributed by atoms with E-state index in [1.165, 1.54) is 5.56 Å². The molecular weight excluding hydrogens is 300 g/mol. The number of aromatic nitrogens is 4. The van der Waals surface area contributed by atoms with Crippen LogP contribution >= 0.6 is 0 Å². The van der Waals surface area contributed by atoms with E-state index in [2.05, 4.69) is 27.3 Å². The van der Waals surface area contributed by atoms with E-state index < -0.39 is 0 Å². The third-order valence-electron chi connectivity index (χ3n) is 3.87. The monoisotopic (exact) mass is 316 g/mol. The maximum absolute atomic E-state index is 6.04. The number of ether oxygens (including phenoxy) is 1. The Morgan fingerprint density at radius 2 is 1.75 bits per heavy atom. The van der Waals surface area contributed by atoms with Crippen molar-refractivity contribution < 1.29 is 4.74 Å². The predicted octanol–water partition coefficient (Wildman–Crippen LogP) is 3.41. The maximum Gasteiger partial charge on any atom is 0.179 e. The first-order chi connectivity index (χ1) is 11.9. The Kier molecular flexibility index (Phi) is 3.90. The number of para-hydroxylation sites is 1. The Balaban J connectivity index is 1.60. The topological polar surface area (TPSA) is 52.3 Å². The fourth-order valence-corrected chi connectivity index (χ4v) is 2.68. The number of rotatable bonds is 5. The van der Waals surface area contributed by atoms with E-state index in [0.29, 0.717) is 12.3 Å². The summed E-state index contributed by atoms with van der Waals surface area (Å²) >= 11 is 0. The van der Waals surface area contributed by atoms with E-state index in [-0.39, 0.29) is 0 Å². The Hall–Kier alpha value is -3.21. The van der Waals surface area contributed by atoms with Gasteiger partial charge >= 0.3 is 0 Å². The first-order valence-electron chi connectivity index (χ1n) is 7.82. The summed E-state index contributed by atoms with van der Waals surface area (Å²) in [6, 6.07) is 18.3. The third-order valence-corrected chi connectivity index (χ3v) is 3.87. The second kappa shape index (κ2) is 6.50. The van der Waals surface area contributed by atoms with Crippen LogP contribution in [-0.2, 0) is 6.42 Å². The molecule has 2 aromatic carbocycles. The van der Waals surface area contributed by atoms with Crippen molar-refractivity contribution >= 4 is 5.65 Å². The lowest BCUT2D eigenvalue weighted by molar-refractivity contribution is 0.323. The number of fused-ring (bicyclic) bond motifs is 1. The Morgan fingerprint density at radius 3 is 2.67 bits per heavy atom. The molecule has 4 aromatic rings. The number of hydrogen-bond donors (Lipinski definition) is 0. The second-order valence-corrected chi connectivity index (χ2v) is 5.43. The van der Waals surface area contributed by atoms with Gasteiger partial charge in [0.2, 0.25) is 0 Å². The summed E-state index contributed by atoms with van der Waals surface area (Å²) in [5.74, 6) is 0.830. The minimum atomic E-state index is 0.618. The molecule has 118 valence electrons. The summed E-state index contributed by atoms with van der Waals surface area (Å²) in [6.45, 7) is 0.618. The fraction of sp³-hybridized carbons (Fsp3) is 0.105. The van der Waals surface area contributed by atoms with Gasteiger partial charge in [-0.2, -0.15) is 0 Å². The molecule has 0 aliphatic heterocycles. The van der Waals surface area contributed by atoms with E-state index in [1.54, 1.807) is 18.7 Å². The molecule has 4 rings (SSSR count). The van der Waals surface area contributed by atoms with Crippen LogP contribution < -0.4 is 4.74 Å². The first-order valence-corrected chi connectivity index (χ1v) is 7.82. The molecule has 0 amide bonds. The number of nitrogens with zero attached hydrogens (tertiary/aromatic N) is 4. The highest BCUT2D eigenvalue weighted by molar-refractivity contribution is 5.68. The van der Waals surface area contributed by atoms with Gasteiger partial charge in [0.05, 0.1) is 24.7 Å². The number of benzene rings is 2. The minimum Gasteiger partial charge on any atom is -0.493 e. The van der Waals surface area contributed by atoms with Gasteiger partial charge in [-0.15, -0.1) is 10.2 Å². The van der Waals surface area contributed by atoms with Crippen molar-refractivity contribution in [2.45, 2.75) is 6.42 Å². The van der Waals surface area contributed by atoms with Crippen LogP contribution in [0.4, 0.5) is 0 Å². The number of hydrogen-bond acceptors (Lipinski definition) is 4. The highest BCUT2D eigenvalue weighted by Crippen LogP contribution is 2.29. The van der Waals surface area contributed by atoms with Crippen molar-refractivity contribution in [2.75, 3.05) is 6.61 Å². The van der Waals surface area contributed by atoms with Gasteiger partial charge < -0.3 is 4.74 Å². The average Bonchev–Trinajstić information content (AvgIpc) is 3.12. The van der Waals surface area contributed by atoms with Gasteiger partial charge in [0.1, 0.15) is 12.1 Å². The highest BCUT2D eigenvalue weighted by Gasteiger charge is 2.10. The molecule has 5 heteroatoms. The minimum absolute atomic E-state index is 0.618. The van der Waals surface area contributed by atoms with Crippen LogP contribution in [-0.4, -0.2) is 26.2 Å². The molecule has 0 radical (unpaired) electrons. The zero-order valence-electron chi connectivity index (χ0n) is 13.0. The largest absolute Gasteiger partial charge is 0.493 e. The van der Waals surface area contributed by atoms with Crippen LogP contribution in [0, 0.1) is 0 Å². The van der Waals surface area contributed by atoms with E-state index >= 15 is 0 Å². The Labute approximate surface area is 139 Å². The van der Waals surface area contributed by atoms with E-state index in [4.69, 9.17) is 4.74 Å². The van der Waals surface area contributed by atoms with E-state index in [0.717, 1.165) is 23.4 Å². The fourth-order valence-electron chi connectivity index (χ4n) is 2.68. The van der Waals surface area contributed by atoms with Gasteiger partial charge in [-0.25, -0.2) is 0 Å². The molecule has 0 aliphatic carbocycles. The summed E-state index contributed by atoms with van der Waals surface area (Å²) in [5, 5.41) is 8.00. The van der Waals surface area contributed by atoms with E-state index in [1.807, 2.05) is 46.9 Å². The highest BCUT2D eigenvalue weighted by atomic mass is 16.5. The van der Waals surface area contributed by atoms with Crippen molar-refractivity contribution in [3.8, 4) is 17.0 Å². The van der Waals surface area contributed by atoms with Crippen molar-refractivity contribution in [3.63, 3.8) is 0 Å². The molecule has 0 aliphatic rings. The van der Waals surface area contributed by atoms with Gasteiger partial charge in [0, 0.05) is 12.0 Å². The summed E-state index contributed by atoms with van der Waals surface area (Å²) < 4.78 is 7.95. The normalized spacial score (nSPS) is 10.8. The average molecular weight is 316 g/mol. The quantitative estimate of drug-likeness (QED) is 0.566. The second-order valence-electron chi connectivity index (χ2n) is 5.43. The molecule has 0 N–H and O–H groups in total. The smallest absolute Gasteiger partial charge is 0.179 e. The van der Waals surface area contributed by atoms with Crippen LogP contribution in [0.3, 0.4) is 0 Å². The molecule has 0 spiro atoms. The van der Waals surface area contributed by atoms with Gasteiger partial charge in [0.25, 0.3) is 0 Å². The van der Waals surface area contributed by atoms with Crippen LogP contribution in [0.15, 0.2) is 73.3 Å². The van der Waals surface area contributed by atoms with Gasteiger partial charge in [0.15, 0.2) is 5.65 Å². The van der Waals surface area contributed by atoms with Crippen molar-refractivity contribution in [2.24, 2.45) is 0 Å². The SMILES string of the molecule is c1ccc(CCOc2ccccc2-c2cncc3nncn23)cc1. The lowest BCUT2D eigenvalue weighted by Gasteiger charge is -2.12. The molecule has 5 nitrogen and oxygen atoms in total. The van der Waals surface area contributed by atoms with Crippen LogP contribution in [0.2, 0.25) is 0 Å². The molecule has 0 atom stereocenters. The summed E-state index contributed by atoms with van der Waals surface area (Å²) in [4.78, 5) is 4.25. The predicted molar refractivity (Wildman–Crippen MR) is 91.9 cm³/mol. The molecule has 0 unspecified atom stereocenters. The van der Waals surface area contributed by atoms with Crippen LogP contribution in [0.25, 0.3) is 16.9 Å². The lowest BCUT2D eigenvalue weighted by atomic mass is 10.1. The maximum atomic E-state index is 6.04. The summed E-state index contributed by atoms with van der Waals surface area (Å²) in [6.07, 6.45) is 6.04. The molecule has 0 saturated heterocycles. The van der Waals surface area contributed by atoms with E-state index in [9.17, 15) is 0 Å². The van der Waals surface area contributed by atoms with Gasteiger partial charge in [-0.1, -0.05) is 42.5 Å². The molecule has 0 saturated carbocycles. The standard InChI is InChI=1S/C19H16N4O/c1-2-6-15(7-3-1)10-11-24-18-9-5-4-8-16(18)17-12-20-13-19-22-21-14-23(17)19/h1-9,12-14H,10-11H2. The molecule has 0 bridgehead atoms. The first kappa shape index (κ1) is 14.4. The van der Waals surface area contributed by atoms with Crippen LogP contribution in [0.1, 0.15) is 5.56 Å². The molecule has 24 heavy (non-hydrogen) atoms. The van der Waals surface area contributed by atoms with Crippen molar-refractivity contribution in [1.82, 2.24) is 19.6 Å². The Morgan fingerprint density at radius 1 is 0.917 bits per heavy atom. The Bertz CT molecular complexity index is 950. The van der Waals surface area contributed by atoms with Crippen molar-refractivity contribution in [3.05, 3.63) is 78.9 Å². The zero-order chi connectivity index (χ0) is 16.2.